The highest BCUT2D eigenvalue weighted by atomic mass is 127. The lowest BCUT2D eigenvalue weighted by Crippen LogP contribution is -2.25. The minimum absolute atomic E-state index is 0.764. The summed E-state index contributed by atoms with van der Waals surface area (Å²) >= 11 is 2.26. The van der Waals surface area contributed by atoms with Crippen molar-refractivity contribution in [2.75, 3.05) is 32.0 Å². The molecule has 0 bridgehead atoms. The second kappa shape index (κ2) is 5.72. The Morgan fingerprint density at radius 2 is 2.06 bits per heavy atom. The second-order valence-corrected chi connectivity index (χ2v) is 5.25. The number of benzene rings is 1. The highest BCUT2D eigenvalue weighted by Crippen LogP contribution is 2.23. The van der Waals surface area contributed by atoms with Crippen LogP contribution in [0.5, 0.6) is 5.75 Å². The van der Waals surface area contributed by atoms with Crippen LogP contribution in [-0.2, 0) is 0 Å². The minimum atomic E-state index is 0.764. The van der Waals surface area contributed by atoms with Gasteiger partial charge >= 0.3 is 0 Å². The normalized spacial score (nSPS) is 16.6. The lowest BCUT2D eigenvalue weighted by molar-refractivity contribution is 0.237. The van der Waals surface area contributed by atoms with E-state index in [0.29, 0.717) is 0 Å². The zero-order valence-corrected chi connectivity index (χ0v) is 11.4. The molecule has 4 heteroatoms. The first kappa shape index (κ1) is 12.0. The summed E-state index contributed by atoms with van der Waals surface area (Å²) in [6.07, 6.45) is 2.67. The Kier molecular flexibility index (Phi) is 4.29. The van der Waals surface area contributed by atoms with Crippen molar-refractivity contribution in [1.82, 2.24) is 4.90 Å². The molecule has 0 amide bonds. The van der Waals surface area contributed by atoms with Crippen molar-refractivity contribution in [3.8, 4) is 5.75 Å². The Hall–Kier alpha value is -0.490. The highest BCUT2D eigenvalue weighted by Gasteiger charge is 2.11. The van der Waals surface area contributed by atoms with Crippen molar-refractivity contribution in [2.24, 2.45) is 0 Å². The van der Waals surface area contributed by atoms with E-state index < -0.39 is 0 Å². The molecule has 1 fully saturated rings. The molecule has 0 saturated carbocycles. The predicted molar refractivity (Wildman–Crippen MR) is 74.7 cm³/mol. The predicted octanol–water partition coefficient (Wildman–Crippen LogP) is 2.35. The summed E-state index contributed by atoms with van der Waals surface area (Å²) < 4.78 is 6.83. The summed E-state index contributed by atoms with van der Waals surface area (Å²) in [5.41, 5.74) is 6.48. The average Bonchev–Trinajstić information content (AvgIpc) is 2.74. The Morgan fingerprint density at radius 1 is 1.31 bits per heavy atom. The van der Waals surface area contributed by atoms with Crippen molar-refractivity contribution in [1.29, 1.82) is 0 Å². The second-order valence-electron chi connectivity index (χ2n) is 4.09. The van der Waals surface area contributed by atoms with E-state index in [-0.39, 0.29) is 0 Å². The molecule has 0 atom stereocenters. The number of nitrogens with two attached hydrogens (primary N) is 1. The number of nitrogen functional groups attached to an aromatic ring is 1. The van der Waals surface area contributed by atoms with E-state index in [2.05, 4.69) is 27.5 Å². The Labute approximate surface area is 110 Å². The molecular formula is C12H17IN2O. The summed E-state index contributed by atoms with van der Waals surface area (Å²) in [5.74, 6) is 0.939. The molecule has 1 aliphatic rings. The molecule has 1 aromatic carbocycles. The fraction of sp³-hybridized carbons (Fsp3) is 0.500. The van der Waals surface area contributed by atoms with Gasteiger partial charge in [-0.1, -0.05) is 0 Å². The van der Waals surface area contributed by atoms with Gasteiger partial charge in [0.05, 0.1) is 3.57 Å². The number of hydrogen-bond acceptors (Lipinski definition) is 3. The van der Waals surface area contributed by atoms with Gasteiger partial charge in [0.1, 0.15) is 12.4 Å². The summed E-state index contributed by atoms with van der Waals surface area (Å²) in [5, 5.41) is 0. The number of rotatable bonds is 4. The molecule has 0 spiro atoms. The molecular weight excluding hydrogens is 315 g/mol. The average molecular weight is 332 g/mol. The van der Waals surface area contributed by atoms with Crippen LogP contribution in [0, 0.1) is 3.57 Å². The van der Waals surface area contributed by atoms with Gasteiger partial charge in [-0.15, -0.1) is 0 Å². The topological polar surface area (TPSA) is 38.5 Å². The molecule has 16 heavy (non-hydrogen) atoms. The third kappa shape index (κ3) is 3.25. The van der Waals surface area contributed by atoms with Crippen LogP contribution in [0.1, 0.15) is 12.8 Å². The van der Waals surface area contributed by atoms with Crippen molar-refractivity contribution in [2.45, 2.75) is 12.8 Å². The first-order valence-corrected chi connectivity index (χ1v) is 6.74. The van der Waals surface area contributed by atoms with Crippen molar-refractivity contribution in [3.63, 3.8) is 0 Å². The molecule has 0 unspecified atom stereocenters. The Bertz CT molecular complexity index is 351. The first-order chi connectivity index (χ1) is 7.75. The van der Waals surface area contributed by atoms with E-state index in [4.69, 9.17) is 10.5 Å². The molecule has 2 rings (SSSR count). The van der Waals surface area contributed by atoms with Crippen LogP contribution in [0.25, 0.3) is 0 Å². The van der Waals surface area contributed by atoms with Gasteiger partial charge in [-0.25, -0.2) is 0 Å². The number of nitrogens with zero attached hydrogens (tertiary/aromatic N) is 1. The Balaban J connectivity index is 1.80. The number of anilines is 1. The third-order valence-electron chi connectivity index (χ3n) is 2.82. The van der Waals surface area contributed by atoms with Crippen LogP contribution in [0.3, 0.4) is 0 Å². The molecule has 0 radical (unpaired) electrons. The van der Waals surface area contributed by atoms with Gasteiger partial charge in [0.15, 0.2) is 0 Å². The summed E-state index contributed by atoms with van der Waals surface area (Å²) in [4.78, 5) is 2.45. The van der Waals surface area contributed by atoms with Crippen molar-refractivity contribution in [3.05, 3.63) is 21.8 Å². The van der Waals surface area contributed by atoms with E-state index in [1.165, 1.54) is 25.9 Å². The standard InChI is InChI=1S/C12H17IN2O/c13-11-9-10(14)3-4-12(11)16-8-7-15-5-1-2-6-15/h3-4,9H,1-2,5-8,14H2. The van der Waals surface area contributed by atoms with Crippen LogP contribution in [0.4, 0.5) is 5.69 Å². The van der Waals surface area contributed by atoms with E-state index in [1.54, 1.807) is 0 Å². The number of likely N-dealkylation sites (tertiary alicyclic amines) is 1. The Morgan fingerprint density at radius 3 is 2.75 bits per heavy atom. The summed E-state index contributed by atoms with van der Waals surface area (Å²) in [6, 6.07) is 5.76. The van der Waals surface area contributed by atoms with Crippen LogP contribution < -0.4 is 10.5 Å². The molecule has 2 N–H and O–H groups in total. The van der Waals surface area contributed by atoms with Gasteiger partial charge in [-0.3, -0.25) is 4.90 Å². The van der Waals surface area contributed by atoms with Crippen LogP contribution in [0.2, 0.25) is 0 Å². The first-order valence-electron chi connectivity index (χ1n) is 5.66. The lowest BCUT2D eigenvalue weighted by atomic mass is 10.3. The minimum Gasteiger partial charge on any atom is -0.491 e. The third-order valence-corrected chi connectivity index (χ3v) is 3.66. The smallest absolute Gasteiger partial charge is 0.132 e. The highest BCUT2D eigenvalue weighted by molar-refractivity contribution is 14.1. The van der Waals surface area contributed by atoms with E-state index in [9.17, 15) is 0 Å². The van der Waals surface area contributed by atoms with Gasteiger partial charge in [0.25, 0.3) is 0 Å². The van der Waals surface area contributed by atoms with Crippen LogP contribution >= 0.6 is 22.6 Å². The molecule has 1 heterocycles. The molecule has 0 aliphatic carbocycles. The largest absolute Gasteiger partial charge is 0.491 e. The lowest BCUT2D eigenvalue weighted by Gasteiger charge is -2.15. The molecule has 0 aromatic heterocycles. The van der Waals surface area contributed by atoms with E-state index in [0.717, 1.165) is 28.2 Å². The molecule has 1 aromatic rings. The fourth-order valence-corrected chi connectivity index (χ4v) is 2.62. The maximum absolute atomic E-state index is 5.75. The maximum atomic E-state index is 5.75. The molecule has 3 nitrogen and oxygen atoms in total. The monoisotopic (exact) mass is 332 g/mol. The quantitative estimate of drug-likeness (QED) is 0.680. The zero-order chi connectivity index (χ0) is 11.4. The summed E-state index contributed by atoms with van der Waals surface area (Å²) in [7, 11) is 0. The maximum Gasteiger partial charge on any atom is 0.132 e. The number of hydrogen-bond donors (Lipinski definition) is 1. The van der Waals surface area contributed by atoms with E-state index >= 15 is 0 Å². The molecule has 88 valence electrons. The van der Waals surface area contributed by atoms with Crippen LogP contribution in [0.15, 0.2) is 18.2 Å². The van der Waals surface area contributed by atoms with Gasteiger partial charge in [-0.2, -0.15) is 0 Å². The van der Waals surface area contributed by atoms with E-state index in [1.807, 2.05) is 18.2 Å². The molecule has 1 aliphatic heterocycles. The number of halogens is 1. The molecule has 1 saturated heterocycles. The zero-order valence-electron chi connectivity index (χ0n) is 9.29. The van der Waals surface area contributed by atoms with Crippen molar-refractivity contribution < 1.29 is 4.74 Å². The fourth-order valence-electron chi connectivity index (χ4n) is 1.93. The SMILES string of the molecule is Nc1ccc(OCCN2CCCC2)c(I)c1. The van der Waals surface area contributed by atoms with Gasteiger partial charge in [0, 0.05) is 12.2 Å². The van der Waals surface area contributed by atoms with Crippen molar-refractivity contribution >= 4 is 28.3 Å². The van der Waals surface area contributed by atoms with Gasteiger partial charge < -0.3 is 10.5 Å². The van der Waals surface area contributed by atoms with Gasteiger partial charge in [0.2, 0.25) is 0 Å². The van der Waals surface area contributed by atoms with Crippen LogP contribution in [-0.4, -0.2) is 31.1 Å². The van der Waals surface area contributed by atoms with Gasteiger partial charge in [-0.05, 0) is 66.7 Å². The number of ether oxygens (including phenoxy) is 1. The summed E-state index contributed by atoms with van der Waals surface area (Å²) in [6.45, 7) is 4.24.